The molecule has 11 heavy (non-hydrogen) atoms. The number of nitrogens with zero attached hydrogens (tertiary/aromatic N) is 1. The van der Waals surface area contributed by atoms with Gasteiger partial charge in [-0.2, -0.15) is 5.26 Å². The highest BCUT2D eigenvalue weighted by molar-refractivity contribution is 4.81. The molecule has 1 unspecified atom stereocenters. The number of nitriles is 1. The van der Waals surface area contributed by atoms with E-state index in [-0.39, 0.29) is 0 Å². The van der Waals surface area contributed by atoms with Crippen molar-refractivity contribution in [2.24, 2.45) is 11.8 Å². The van der Waals surface area contributed by atoms with Crippen LogP contribution in [0.25, 0.3) is 0 Å². The van der Waals surface area contributed by atoms with Gasteiger partial charge in [0.25, 0.3) is 0 Å². The van der Waals surface area contributed by atoms with Gasteiger partial charge in [-0.15, -0.1) is 0 Å². The number of hydrogen-bond donors (Lipinski definition) is 0. The van der Waals surface area contributed by atoms with Crippen LogP contribution in [-0.4, -0.2) is 0 Å². The van der Waals surface area contributed by atoms with Crippen LogP contribution in [0.4, 0.5) is 0 Å². The summed E-state index contributed by atoms with van der Waals surface area (Å²) < 4.78 is 0. The molecule has 0 saturated heterocycles. The Hall–Kier alpha value is -0.510. The fraction of sp³-hybridized carbons (Fsp3) is 0.900. The molecule has 1 aliphatic rings. The molecule has 0 bridgehead atoms. The van der Waals surface area contributed by atoms with Gasteiger partial charge in [0, 0.05) is 6.42 Å². The maximum absolute atomic E-state index is 8.36. The summed E-state index contributed by atoms with van der Waals surface area (Å²) in [5, 5.41) is 8.36. The van der Waals surface area contributed by atoms with Gasteiger partial charge < -0.3 is 0 Å². The predicted octanol–water partition coefficient (Wildman–Crippen LogP) is 3.36. The maximum Gasteiger partial charge on any atom is 0.0624 e. The van der Waals surface area contributed by atoms with E-state index < -0.39 is 0 Å². The Bertz CT molecular complexity index is 119. The molecule has 1 nitrogen and oxygen atoms in total. The zero-order chi connectivity index (χ0) is 8.69. The van der Waals surface area contributed by atoms with Crippen LogP contribution in [0.15, 0.2) is 0 Å². The molecule has 0 aliphatic heterocycles. The molecule has 1 aliphatic carbocycles. The highest BCUT2D eigenvalue weighted by atomic mass is 14.3. The van der Waals surface area contributed by atoms with Crippen LogP contribution < -0.4 is 0 Å². The summed E-state index contributed by atoms with van der Waals surface area (Å²) in [7, 11) is 0. The van der Waals surface area contributed by atoms with Crippen LogP contribution in [0, 0.1) is 23.2 Å². The normalized spacial score (nSPS) is 18.7. The Morgan fingerprint density at radius 1 is 1.45 bits per heavy atom. The summed E-state index contributed by atoms with van der Waals surface area (Å²) in [5.41, 5.74) is 0. The van der Waals surface area contributed by atoms with E-state index in [0.29, 0.717) is 5.92 Å². The van der Waals surface area contributed by atoms with E-state index >= 15 is 0 Å². The number of rotatable bonds is 2. The van der Waals surface area contributed by atoms with E-state index in [9.17, 15) is 0 Å². The standard InChI is InChI=1S/C8H13N.C2H6/c1-7(5-6-9)8-3-2-4-8;1-2/h7-8H,2-5H2,1H3;1-2H3. The summed E-state index contributed by atoms with van der Waals surface area (Å²) in [6.07, 6.45) is 4.87. The van der Waals surface area contributed by atoms with Crippen LogP contribution in [0.5, 0.6) is 0 Å². The SMILES string of the molecule is CC.CC(CC#N)C1CCC1. The molecular formula is C10H19N. The van der Waals surface area contributed by atoms with E-state index in [2.05, 4.69) is 13.0 Å². The van der Waals surface area contributed by atoms with Gasteiger partial charge in [-0.05, 0) is 11.8 Å². The second kappa shape index (κ2) is 6.22. The molecule has 0 aromatic rings. The summed E-state index contributed by atoms with van der Waals surface area (Å²) in [6.45, 7) is 6.19. The smallest absolute Gasteiger partial charge is 0.0624 e. The zero-order valence-corrected chi connectivity index (χ0v) is 7.93. The van der Waals surface area contributed by atoms with Crippen molar-refractivity contribution in [2.45, 2.75) is 46.5 Å². The number of hydrogen-bond acceptors (Lipinski definition) is 1. The monoisotopic (exact) mass is 153 g/mol. The lowest BCUT2D eigenvalue weighted by molar-refractivity contribution is 0.223. The first-order valence-corrected chi connectivity index (χ1v) is 4.71. The molecule has 1 heteroatoms. The minimum atomic E-state index is 0.656. The van der Waals surface area contributed by atoms with Crippen molar-refractivity contribution < 1.29 is 0 Å². The van der Waals surface area contributed by atoms with E-state index in [0.717, 1.165) is 12.3 Å². The van der Waals surface area contributed by atoms with Gasteiger partial charge >= 0.3 is 0 Å². The molecule has 0 aromatic carbocycles. The van der Waals surface area contributed by atoms with Crippen molar-refractivity contribution in [1.29, 1.82) is 5.26 Å². The second-order valence-electron chi connectivity index (χ2n) is 3.03. The molecule has 1 fully saturated rings. The molecular weight excluding hydrogens is 134 g/mol. The molecule has 0 N–H and O–H groups in total. The molecule has 1 rings (SSSR count). The lowest BCUT2D eigenvalue weighted by Crippen LogP contribution is -2.18. The first-order valence-electron chi connectivity index (χ1n) is 4.71. The summed E-state index contributed by atoms with van der Waals surface area (Å²) in [6, 6.07) is 2.22. The van der Waals surface area contributed by atoms with Gasteiger partial charge in [0.05, 0.1) is 6.07 Å². The third-order valence-electron chi connectivity index (χ3n) is 2.37. The second-order valence-corrected chi connectivity index (χ2v) is 3.03. The predicted molar refractivity (Wildman–Crippen MR) is 48.1 cm³/mol. The summed E-state index contributed by atoms with van der Waals surface area (Å²) >= 11 is 0. The van der Waals surface area contributed by atoms with E-state index in [1.807, 2.05) is 13.8 Å². The van der Waals surface area contributed by atoms with Crippen molar-refractivity contribution in [3.8, 4) is 6.07 Å². The van der Waals surface area contributed by atoms with Crippen molar-refractivity contribution in [2.75, 3.05) is 0 Å². The Morgan fingerprint density at radius 3 is 2.27 bits per heavy atom. The van der Waals surface area contributed by atoms with Crippen LogP contribution in [-0.2, 0) is 0 Å². The Balaban J connectivity index is 0.000000461. The Morgan fingerprint density at radius 2 is 2.00 bits per heavy atom. The van der Waals surface area contributed by atoms with E-state index in [1.165, 1.54) is 19.3 Å². The Labute approximate surface area is 70.4 Å². The van der Waals surface area contributed by atoms with Crippen LogP contribution in [0.2, 0.25) is 0 Å². The van der Waals surface area contributed by atoms with Crippen molar-refractivity contribution in [3.05, 3.63) is 0 Å². The third-order valence-corrected chi connectivity index (χ3v) is 2.37. The Kier molecular flexibility index (Phi) is 5.93. The van der Waals surface area contributed by atoms with Gasteiger partial charge in [-0.1, -0.05) is 40.0 Å². The molecule has 0 spiro atoms. The van der Waals surface area contributed by atoms with Crippen molar-refractivity contribution >= 4 is 0 Å². The van der Waals surface area contributed by atoms with E-state index in [1.54, 1.807) is 0 Å². The summed E-state index contributed by atoms with van der Waals surface area (Å²) in [4.78, 5) is 0. The maximum atomic E-state index is 8.36. The first kappa shape index (κ1) is 10.5. The highest BCUT2D eigenvalue weighted by Crippen LogP contribution is 2.34. The average molecular weight is 153 g/mol. The van der Waals surface area contributed by atoms with Gasteiger partial charge in [0.2, 0.25) is 0 Å². The lowest BCUT2D eigenvalue weighted by Gasteiger charge is -2.29. The van der Waals surface area contributed by atoms with Crippen LogP contribution >= 0.6 is 0 Å². The van der Waals surface area contributed by atoms with Crippen LogP contribution in [0.1, 0.15) is 46.5 Å². The highest BCUT2D eigenvalue weighted by Gasteiger charge is 2.22. The van der Waals surface area contributed by atoms with Gasteiger partial charge in [0.1, 0.15) is 0 Å². The zero-order valence-electron chi connectivity index (χ0n) is 7.93. The topological polar surface area (TPSA) is 23.8 Å². The molecule has 64 valence electrons. The van der Waals surface area contributed by atoms with Crippen molar-refractivity contribution in [1.82, 2.24) is 0 Å². The van der Waals surface area contributed by atoms with Gasteiger partial charge in [0.15, 0.2) is 0 Å². The minimum absolute atomic E-state index is 0.656. The first-order chi connectivity index (χ1) is 5.34. The van der Waals surface area contributed by atoms with Crippen molar-refractivity contribution in [3.63, 3.8) is 0 Å². The van der Waals surface area contributed by atoms with Crippen LogP contribution in [0.3, 0.4) is 0 Å². The largest absolute Gasteiger partial charge is 0.198 e. The van der Waals surface area contributed by atoms with Gasteiger partial charge in [-0.25, -0.2) is 0 Å². The molecule has 0 aromatic heterocycles. The lowest BCUT2D eigenvalue weighted by atomic mass is 9.76. The molecule has 1 atom stereocenters. The fourth-order valence-corrected chi connectivity index (χ4v) is 1.32. The third kappa shape index (κ3) is 3.41. The molecule has 0 heterocycles. The minimum Gasteiger partial charge on any atom is -0.198 e. The van der Waals surface area contributed by atoms with E-state index in [4.69, 9.17) is 5.26 Å². The quantitative estimate of drug-likeness (QED) is 0.596. The summed E-state index contributed by atoms with van der Waals surface area (Å²) in [5.74, 6) is 1.54. The fourth-order valence-electron chi connectivity index (χ4n) is 1.32. The average Bonchev–Trinajstić information content (AvgIpc) is 1.89. The molecule has 0 radical (unpaired) electrons. The molecule has 0 amide bonds. The molecule has 1 saturated carbocycles. The van der Waals surface area contributed by atoms with Gasteiger partial charge in [-0.3, -0.25) is 0 Å².